The monoisotopic (exact) mass is 312 g/mol. The number of furan rings is 1. The zero-order valence-electron chi connectivity index (χ0n) is 13.6. The van der Waals surface area contributed by atoms with Gasteiger partial charge in [0.1, 0.15) is 0 Å². The number of carbonyl (C=O) groups is 2. The molecule has 1 aromatic rings. The van der Waals surface area contributed by atoms with E-state index in [-0.39, 0.29) is 11.6 Å². The maximum Gasteiger partial charge on any atom is 0.271 e. The normalized spacial score (nSPS) is 9.70. The highest BCUT2D eigenvalue weighted by atomic mass is 16.3. The first-order valence-electron chi connectivity index (χ1n) is 8.30. The van der Waals surface area contributed by atoms with Crippen LogP contribution in [-0.4, -0.2) is 11.6 Å². The molecule has 3 heteroatoms. The van der Waals surface area contributed by atoms with Crippen LogP contribution in [0.1, 0.15) is 74.8 Å². The van der Waals surface area contributed by atoms with Gasteiger partial charge in [-0.05, 0) is 36.8 Å². The topological polar surface area (TPSA) is 47.3 Å². The Labute approximate surface area is 138 Å². The smallest absolute Gasteiger partial charge is 0.271 e. The van der Waals surface area contributed by atoms with Crippen molar-refractivity contribution in [1.82, 2.24) is 0 Å². The summed E-state index contributed by atoms with van der Waals surface area (Å²) in [5.74, 6) is 7.61. The number of hydrogen-bond donors (Lipinski definition) is 0. The second kappa shape index (κ2) is 12.3. The van der Waals surface area contributed by atoms with Gasteiger partial charge in [-0.2, -0.15) is 0 Å². The Hall–Kier alpha value is -2.26. The van der Waals surface area contributed by atoms with Crippen LogP contribution in [0.5, 0.6) is 0 Å². The predicted molar refractivity (Wildman–Crippen MR) is 90.8 cm³/mol. The van der Waals surface area contributed by atoms with Gasteiger partial charge in [0.05, 0.1) is 6.26 Å². The molecule has 0 amide bonds. The fourth-order valence-corrected chi connectivity index (χ4v) is 2.24. The van der Waals surface area contributed by atoms with E-state index in [1.165, 1.54) is 25.5 Å². The summed E-state index contributed by atoms with van der Waals surface area (Å²) in [7, 11) is 0. The van der Waals surface area contributed by atoms with Crippen molar-refractivity contribution in [3.05, 3.63) is 24.2 Å². The van der Waals surface area contributed by atoms with Gasteiger partial charge < -0.3 is 4.42 Å². The Balaban J connectivity index is 1.90. The minimum atomic E-state index is -0.252. The number of rotatable bonds is 11. The average molecular weight is 312 g/mol. The maximum atomic E-state index is 11.5. The highest BCUT2D eigenvalue weighted by Gasteiger charge is 2.03. The van der Waals surface area contributed by atoms with Crippen molar-refractivity contribution in [3.8, 4) is 24.2 Å². The first-order chi connectivity index (χ1) is 11.2. The van der Waals surface area contributed by atoms with Crippen molar-refractivity contribution >= 4 is 11.6 Å². The van der Waals surface area contributed by atoms with Gasteiger partial charge in [-0.1, -0.05) is 44.4 Å². The summed E-state index contributed by atoms with van der Waals surface area (Å²) in [5, 5.41) is 0. The van der Waals surface area contributed by atoms with E-state index in [4.69, 9.17) is 10.8 Å². The second-order valence-corrected chi connectivity index (χ2v) is 5.50. The molecule has 1 aromatic heterocycles. The van der Waals surface area contributed by atoms with Crippen LogP contribution >= 0.6 is 0 Å². The van der Waals surface area contributed by atoms with Crippen LogP contribution in [0, 0.1) is 24.2 Å². The van der Waals surface area contributed by atoms with E-state index in [0.717, 1.165) is 38.5 Å². The van der Waals surface area contributed by atoms with Gasteiger partial charge in [-0.15, -0.1) is 6.42 Å². The van der Waals surface area contributed by atoms with E-state index in [1.807, 2.05) is 0 Å². The van der Waals surface area contributed by atoms with E-state index >= 15 is 0 Å². The van der Waals surface area contributed by atoms with Crippen molar-refractivity contribution < 1.29 is 14.0 Å². The summed E-state index contributed by atoms with van der Waals surface area (Å²) in [6.45, 7) is 0. The minimum Gasteiger partial charge on any atom is -0.460 e. The minimum absolute atomic E-state index is 0.0864. The molecule has 0 aliphatic rings. The predicted octanol–water partition coefficient (Wildman–Crippen LogP) is 4.57. The number of terminal acetylenes is 1. The molecular weight excluding hydrogens is 288 g/mol. The summed E-state index contributed by atoms with van der Waals surface area (Å²) in [5.41, 5.74) is 0. The Kier molecular flexibility index (Phi) is 10.0. The Morgan fingerprint density at radius 2 is 1.65 bits per heavy atom. The molecule has 23 heavy (non-hydrogen) atoms. The number of carbonyl (C=O) groups excluding carboxylic acids is 2. The third kappa shape index (κ3) is 9.38. The lowest BCUT2D eigenvalue weighted by Crippen LogP contribution is -1.92. The number of unbranched alkanes of at least 4 members (excludes halogenated alkanes) is 8. The van der Waals surface area contributed by atoms with Crippen molar-refractivity contribution in [1.29, 1.82) is 0 Å². The van der Waals surface area contributed by atoms with Gasteiger partial charge in [0.2, 0.25) is 5.78 Å². The first kappa shape index (κ1) is 18.8. The van der Waals surface area contributed by atoms with E-state index in [0.29, 0.717) is 12.2 Å². The summed E-state index contributed by atoms with van der Waals surface area (Å²) >= 11 is 0. The average Bonchev–Trinajstić information content (AvgIpc) is 3.10. The van der Waals surface area contributed by atoms with Crippen molar-refractivity contribution in [2.45, 2.75) is 64.2 Å². The lowest BCUT2D eigenvalue weighted by atomic mass is 10.1. The molecule has 0 fully saturated rings. The number of Topliss-reactive ketones (excluding diaryl/α,β-unsaturated/α-hetero) is 2. The molecule has 0 atom stereocenters. The van der Waals surface area contributed by atoms with Crippen LogP contribution in [0.25, 0.3) is 0 Å². The molecule has 122 valence electrons. The first-order valence-corrected chi connectivity index (χ1v) is 8.30. The quantitative estimate of drug-likeness (QED) is 0.260. The fourth-order valence-electron chi connectivity index (χ4n) is 2.24. The van der Waals surface area contributed by atoms with Crippen LogP contribution < -0.4 is 0 Å². The van der Waals surface area contributed by atoms with Gasteiger partial charge in [-0.3, -0.25) is 9.59 Å². The van der Waals surface area contributed by atoms with Gasteiger partial charge in [0.15, 0.2) is 5.76 Å². The molecule has 0 aliphatic carbocycles. The van der Waals surface area contributed by atoms with Crippen LogP contribution in [0.4, 0.5) is 0 Å². The van der Waals surface area contributed by atoms with Crippen LogP contribution in [0.2, 0.25) is 0 Å². The SMILES string of the molecule is C#CC(=O)CCCCCCCCCCC#CC(=O)c1ccco1. The van der Waals surface area contributed by atoms with Crippen LogP contribution in [-0.2, 0) is 4.79 Å². The van der Waals surface area contributed by atoms with E-state index < -0.39 is 0 Å². The number of ketones is 2. The maximum absolute atomic E-state index is 11.5. The molecule has 0 saturated carbocycles. The van der Waals surface area contributed by atoms with E-state index in [9.17, 15) is 9.59 Å². The Morgan fingerprint density at radius 1 is 1.00 bits per heavy atom. The third-order valence-electron chi connectivity index (χ3n) is 3.56. The van der Waals surface area contributed by atoms with Crippen molar-refractivity contribution in [2.24, 2.45) is 0 Å². The highest BCUT2D eigenvalue weighted by molar-refractivity contribution is 6.07. The van der Waals surface area contributed by atoms with E-state index in [1.54, 1.807) is 12.1 Å². The fraction of sp³-hybridized carbons (Fsp3) is 0.500. The molecule has 0 spiro atoms. The molecule has 0 unspecified atom stereocenters. The van der Waals surface area contributed by atoms with Gasteiger partial charge in [-0.25, -0.2) is 0 Å². The molecular formula is C20H24O3. The number of hydrogen-bond acceptors (Lipinski definition) is 3. The lowest BCUT2D eigenvalue weighted by molar-refractivity contribution is -0.113. The van der Waals surface area contributed by atoms with Crippen molar-refractivity contribution in [3.63, 3.8) is 0 Å². The molecule has 3 nitrogen and oxygen atoms in total. The molecule has 1 rings (SSSR count). The van der Waals surface area contributed by atoms with Crippen LogP contribution in [0.3, 0.4) is 0 Å². The zero-order chi connectivity index (χ0) is 16.8. The summed E-state index contributed by atoms with van der Waals surface area (Å²) in [4.78, 5) is 22.4. The molecule has 0 aromatic carbocycles. The largest absolute Gasteiger partial charge is 0.460 e. The Bertz CT molecular complexity index is 564. The standard InChI is InChI=1S/C20H24O3/c1-2-18(21)14-11-9-7-5-3-4-6-8-10-12-15-19(22)20-16-13-17-23-20/h1,13,16-17H,3-11,14H2. The molecule has 0 radical (unpaired) electrons. The Morgan fingerprint density at radius 3 is 2.26 bits per heavy atom. The molecule has 0 saturated heterocycles. The van der Waals surface area contributed by atoms with Crippen LogP contribution in [0.15, 0.2) is 22.8 Å². The van der Waals surface area contributed by atoms with Gasteiger partial charge >= 0.3 is 0 Å². The third-order valence-corrected chi connectivity index (χ3v) is 3.56. The molecule has 0 bridgehead atoms. The van der Waals surface area contributed by atoms with Gasteiger partial charge in [0.25, 0.3) is 5.78 Å². The summed E-state index contributed by atoms with van der Waals surface area (Å²) < 4.78 is 4.98. The summed E-state index contributed by atoms with van der Waals surface area (Å²) in [6, 6.07) is 3.31. The lowest BCUT2D eigenvalue weighted by Gasteiger charge is -2.00. The second-order valence-electron chi connectivity index (χ2n) is 5.50. The van der Waals surface area contributed by atoms with Crippen molar-refractivity contribution in [2.75, 3.05) is 0 Å². The highest BCUT2D eigenvalue weighted by Crippen LogP contribution is 2.10. The van der Waals surface area contributed by atoms with Gasteiger partial charge in [0, 0.05) is 12.8 Å². The molecule has 0 N–H and O–H groups in total. The summed E-state index contributed by atoms with van der Waals surface area (Å²) in [6.07, 6.45) is 16.7. The van der Waals surface area contributed by atoms with E-state index in [2.05, 4.69) is 17.8 Å². The molecule has 0 aliphatic heterocycles. The molecule has 1 heterocycles. The zero-order valence-corrected chi connectivity index (χ0v) is 13.6.